The van der Waals surface area contributed by atoms with E-state index in [-0.39, 0.29) is 0 Å². The van der Waals surface area contributed by atoms with Crippen LogP contribution in [0.1, 0.15) is 44.9 Å². The van der Waals surface area contributed by atoms with Crippen LogP contribution in [-0.2, 0) is 6.42 Å². The lowest BCUT2D eigenvalue weighted by atomic mass is 9.84. The van der Waals surface area contributed by atoms with E-state index in [2.05, 4.69) is 62.2 Å². The smallest absolute Gasteiger partial charge is 0.0325 e. The fourth-order valence-electron chi connectivity index (χ4n) is 4.32. The molecule has 0 saturated carbocycles. The number of fused-ring (bicyclic) bond motifs is 1. The molecule has 0 aromatic heterocycles. The first-order valence-electron chi connectivity index (χ1n) is 8.10. The topological polar surface area (TPSA) is 15.3 Å². The van der Waals surface area contributed by atoms with Gasteiger partial charge in [-0.25, -0.2) is 0 Å². The Morgan fingerprint density at radius 2 is 1.95 bits per heavy atom. The Morgan fingerprint density at radius 1 is 1.25 bits per heavy atom. The monoisotopic (exact) mass is 272 g/mol. The summed E-state index contributed by atoms with van der Waals surface area (Å²) < 4.78 is 0. The molecule has 3 rings (SSSR count). The molecule has 2 saturated heterocycles. The van der Waals surface area contributed by atoms with Gasteiger partial charge in [0.2, 0.25) is 0 Å². The van der Waals surface area contributed by atoms with Crippen LogP contribution in [0.3, 0.4) is 0 Å². The maximum atomic E-state index is 3.57. The number of hydrogen-bond acceptors (Lipinski definition) is 2. The van der Waals surface area contributed by atoms with Crippen LogP contribution in [0.2, 0.25) is 0 Å². The van der Waals surface area contributed by atoms with Crippen molar-refractivity contribution in [1.29, 1.82) is 0 Å². The average molecular weight is 272 g/mol. The Balaban J connectivity index is 1.81. The number of likely N-dealkylation sites (tertiary alicyclic amines) is 1. The number of rotatable bonds is 3. The third-order valence-corrected chi connectivity index (χ3v) is 5.76. The molecule has 0 radical (unpaired) electrons. The van der Waals surface area contributed by atoms with Crippen LogP contribution in [-0.4, -0.2) is 30.1 Å². The standard InChI is InChI=1S/C18H28N2/c1-5-14-6-8-15(9-7-14)13(2)20-12-16-10-19-11-17(16)18(20,3)4/h6-9,13,16-17,19H,5,10-12H2,1-4H3. The third-order valence-electron chi connectivity index (χ3n) is 5.76. The van der Waals surface area contributed by atoms with Gasteiger partial charge in [-0.15, -0.1) is 0 Å². The van der Waals surface area contributed by atoms with Crippen molar-refractivity contribution in [1.82, 2.24) is 10.2 Å². The van der Waals surface area contributed by atoms with Crippen LogP contribution in [0.25, 0.3) is 0 Å². The second kappa shape index (κ2) is 5.16. The van der Waals surface area contributed by atoms with Crippen molar-refractivity contribution in [3.8, 4) is 0 Å². The Hall–Kier alpha value is -0.860. The molecule has 2 aliphatic heterocycles. The van der Waals surface area contributed by atoms with E-state index in [9.17, 15) is 0 Å². The van der Waals surface area contributed by atoms with E-state index in [4.69, 9.17) is 0 Å². The molecule has 1 aromatic carbocycles. The molecule has 110 valence electrons. The molecule has 2 aliphatic rings. The van der Waals surface area contributed by atoms with E-state index in [1.165, 1.54) is 30.8 Å². The first-order chi connectivity index (χ1) is 9.54. The molecule has 2 heterocycles. The third kappa shape index (κ3) is 2.19. The summed E-state index contributed by atoms with van der Waals surface area (Å²) in [5.74, 6) is 1.64. The zero-order chi connectivity index (χ0) is 14.3. The molecule has 20 heavy (non-hydrogen) atoms. The number of hydrogen-bond donors (Lipinski definition) is 1. The molecule has 2 fully saturated rings. The van der Waals surface area contributed by atoms with Crippen LogP contribution < -0.4 is 5.32 Å². The van der Waals surface area contributed by atoms with Gasteiger partial charge in [0.15, 0.2) is 0 Å². The number of nitrogens with zero attached hydrogens (tertiary/aromatic N) is 1. The minimum absolute atomic E-state index is 0.303. The highest BCUT2D eigenvalue weighted by atomic mass is 15.3. The van der Waals surface area contributed by atoms with E-state index >= 15 is 0 Å². The normalized spacial score (nSPS) is 30.4. The molecule has 1 N–H and O–H groups in total. The number of benzene rings is 1. The molecule has 1 aromatic rings. The van der Waals surface area contributed by atoms with Gasteiger partial charge in [-0.3, -0.25) is 4.90 Å². The molecular weight excluding hydrogens is 244 g/mol. The highest BCUT2D eigenvalue weighted by Crippen LogP contribution is 2.44. The van der Waals surface area contributed by atoms with Crippen molar-refractivity contribution >= 4 is 0 Å². The van der Waals surface area contributed by atoms with Gasteiger partial charge < -0.3 is 5.32 Å². The Labute approximate surface area is 123 Å². The van der Waals surface area contributed by atoms with Crippen LogP contribution in [0.15, 0.2) is 24.3 Å². The van der Waals surface area contributed by atoms with Crippen LogP contribution in [0, 0.1) is 11.8 Å². The first-order valence-corrected chi connectivity index (χ1v) is 8.10. The van der Waals surface area contributed by atoms with Gasteiger partial charge in [0.25, 0.3) is 0 Å². The van der Waals surface area contributed by atoms with Crippen LogP contribution in [0.5, 0.6) is 0 Å². The molecule has 0 bridgehead atoms. The van der Waals surface area contributed by atoms with Crippen LogP contribution in [0.4, 0.5) is 0 Å². The van der Waals surface area contributed by atoms with E-state index in [0.717, 1.165) is 18.3 Å². The molecule has 3 unspecified atom stereocenters. The summed E-state index contributed by atoms with van der Waals surface area (Å²) in [6, 6.07) is 9.74. The maximum Gasteiger partial charge on any atom is 0.0325 e. The van der Waals surface area contributed by atoms with Gasteiger partial charge in [0.1, 0.15) is 0 Å². The highest BCUT2D eigenvalue weighted by Gasteiger charge is 2.50. The first kappa shape index (κ1) is 14.1. The molecule has 0 aliphatic carbocycles. The van der Waals surface area contributed by atoms with Gasteiger partial charge >= 0.3 is 0 Å². The zero-order valence-corrected chi connectivity index (χ0v) is 13.3. The average Bonchev–Trinajstić information content (AvgIpc) is 3.01. The lowest BCUT2D eigenvalue weighted by molar-refractivity contribution is 0.0970. The Kier molecular flexibility index (Phi) is 3.64. The summed E-state index contributed by atoms with van der Waals surface area (Å²) in [5.41, 5.74) is 3.20. The summed E-state index contributed by atoms with van der Waals surface area (Å²) in [4.78, 5) is 2.73. The number of nitrogens with one attached hydrogen (secondary N) is 1. The van der Waals surface area contributed by atoms with Gasteiger partial charge in [-0.1, -0.05) is 31.2 Å². The molecule has 0 amide bonds. The summed E-state index contributed by atoms with van der Waals surface area (Å²) in [5, 5.41) is 3.57. The van der Waals surface area contributed by atoms with Crippen molar-refractivity contribution in [2.75, 3.05) is 19.6 Å². The molecule has 0 spiro atoms. The van der Waals surface area contributed by atoms with E-state index in [1.54, 1.807) is 0 Å². The minimum atomic E-state index is 0.303. The molecule has 2 heteroatoms. The summed E-state index contributed by atoms with van der Waals surface area (Å²) in [6.45, 7) is 13.1. The predicted molar refractivity (Wildman–Crippen MR) is 84.9 cm³/mol. The van der Waals surface area contributed by atoms with E-state index in [1.807, 2.05) is 0 Å². The second-order valence-corrected chi connectivity index (χ2v) is 7.10. The number of aryl methyl sites for hydroxylation is 1. The van der Waals surface area contributed by atoms with Crippen molar-refractivity contribution < 1.29 is 0 Å². The van der Waals surface area contributed by atoms with Gasteiger partial charge in [-0.2, -0.15) is 0 Å². The second-order valence-electron chi connectivity index (χ2n) is 7.10. The highest BCUT2D eigenvalue weighted by molar-refractivity contribution is 5.26. The Morgan fingerprint density at radius 3 is 2.55 bits per heavy atom. The van der Waals surface area contributed by atoms with Gasteiger partial charge in [-0.05, 0) is 56.7 Å². The van der Waals surface area contributed by atoms with Crippen molar-refractivity contribution in [2.45, 2.75) is 45.7 Å². The van der Waals surface area contributed by atoms with Crippen LogP contribution >= 0.6 is 0 Å². The predicted octanol–water partition coefficient (Wildman–Crippen LogP) is 3.24. The Bertz CT molecular complexity index is 463. The summed E-state index contributed by atoms with van der Waals surface area (Å²) in [7, 11) is 0. The fourth-order valence-corrected chi connectivity index (χ4v) is 4.32. The summed E-state index contributed by atoms with van der Waals surface area (Å²) in [6.07, 6.45) is 1.12. The molecular formula is C18H28N2. The van der Waals surface area contributed by atoms with Gasteiger partial charge in [0, 0.05) is 24.7 Å². The van der Waals surface area contributed by atoms with E-state index in [0.29, 0.717) is 11.6 Å². The summed E-state index contributed by atoms with van der Waals surface area (Å²) >= 11 is 0. The van der Waals surface area contributed by atoms with Gasteiger partial charge in [0.05, 0.1) is 0 Å². The molecule has 3 atom stereocenters. The fraction of sp³-hybridized carbons (Fsp3) is 0.667. The lowest BCUT2D eigenvalue weighted by Crippen LogP contribution is -2.45. The lowest BCUT2D eigenvalue weighted by Gasteiger charge is -2.40. The largest absolute Gasteiger partial charge is 0.316 e. The van der Waals surface area contributed by atoms with E-state index < -0.39 is 0 Å². The molecule has 2 nitrogen and oxygen atoms in total. The zero-order valence-electron chi connectivity index (χ0n) is 13.3. The quantitative estimate of drug-likeness (QED) is 0.909. The van der Waals surface area contributed by atoms with Crippen molar-refractivity contribution in [3.05, 3.63) is 35.4 Å². The van der Waals surface area contributed by atoms with Crippen molar-refractivity contribution in [2.24, 2.45) is 11.8 Å². The SMILES string of the molecule is CCc1ccc(C(C)N2CC3CNCC3C2(C)C)cc1. The van der Waals surface area contributed by atoms with Crippen molar-refractivity contribution in [3.63, 3.8) is 0 Å². The minimum Gasteiger partial charge on any atom is -0.316 e. The maximum absolute atomic E-state index is 3.57.